The summed E-state index contributed by atoms with van der Waals surface area (Å²) < 4.78 is 82.8. The Hall–Kier alpha value is -3.05. The van der Waals surface area contributed by atoms with Crippen molar-refractivity contribution in [2.45, 2.75) is 12.4 Å². The second-order valence-corrected chi connectivity index (χ2v) is 5.10. The van der Waals surface area contributed by atoms with E-state index in [9.17, 15) is 26.3 Å². The van der Waals surface area contributed by atoms with Crippen molar-refractivity contribution in [3.8, 4) is 17.6 Å². The number of alkyl halides is 6. The Morgan fingerprint density at radius 1 is 1.04 bits per heavy atom. The third-order valence-corrected chi connectivity index (χ3v) is 3.19. The molecule has 0 spiro atoms. The van der Waals surface area contributed by atoms with Gasteiger partial charge >= 0.3 is 12.4 Å². The van der Waals surface area contributed by atoms with Crippen LogP contribution in [-0.2, 0) is 19.4 Å². The lowest BCUT2D eigenvalue weighted by Crippen LogP contribution is -2.06. The summed E-state index contributed by atoms with van der Waals surface area (Å²) in [7, 11) is 1.25. The lowest BCUT2D eigenvalue weighted by Gasteiger charge is -2.06. The zero-order valence-corrected chi connectivity index (χ0v) is 12.9. The maximum Gasteiger partial charge on any atom is 0.435 e. The van der Waals surface area contributed by atoms with E-state index < -0.39 is 23.6 Å². The molecular weight excluding hydrogens is 368 g/mol. The Balaban J connectivity index is 1.87. The second kappa shape index (κ2) is 6.04. The highest BCUT2D eigenvalue weighted by molar-refractivity contribution is 5.30. The Labute approximate surface area is 141 Å². The first-order valence-corrected chi connectivity index (χ1v) is 6.92. The van der Waals surface area contributed by atoms with Crippen molar-refractivity contribution in [3.63, 3.8) is 0 Å². The Morgan fingerprint density at radius 3 is 2.35 bits per heavy atom. The largest absolute Gasteiger partial charge is 0.435 e. The second-order valence-electron chi connectivity index (χ2n) is 5.10. The third-order valence-electron chi connectivity index (χ3n) is 3.19. The quantitative estimate of drug-likeness (QED) is 0.651. The molecule has 0 unspecified atom stereocenters. The van der Waals surface area contributed by atoms with Crippen LogP contribution >= 0.6 is 0 Å². The van der Waals surface area contributed by atoms with E-state index in [1.807, 2.05) is 0 Å². The van der Waals surface area contributed by atoms with E-state index in [-0.39, 0.29) is 17.6 Å². The topological polar surface area (TPSA) is 57.8 Å². The summed E-state index contributed by atoms with van der Waals surface area (Å²) >= 11 is 0. The molecule has 0 saturated carbocycles. The zero-order chi connectivity index (χ0) is 19.1. The molecule has 0 N–H and O–H groups in total. The van der Waals surface area contributed by atoms with E-state index in [1.54, 1.807) is 0 Å². The molecule has 0 atom stereocenters. The maximum atomic E-state index is 12.7. The number of nitrogens with zero attached hydrogens (tertiary/aromatic N) is 5. The summed E-state index contributed by atoms with van der Waals surface area (Å²) in [6, 6.07) is 4.79. The highest BCUT2D eigenvalue weighted by Gasteiger charge is 2.35. The van der Waals surface area contributed by atoms with E-state index in [1.165, 1.54) is 25.2 Å². The van der Waals surface area contributed by atoms with Crippen LogP contribution in [0.5, 0.6) is 11.8 Å². The van der Waals surface area contributed by atoms with E-state index in [4.69, 9.17) is 4.74 Å². The van der Waals surface area contributed by atoms with Crippen molar-refractivity contribution >= 4 is 0 Å². The van der Waals surface area contributed by atoms with Crippen molar-refractivity contribution in [1.29, 1.82) is 0 Å². The number of halogens is 6. The first-order valence-electron chi connectivity index (χ1n) is 6.92. The number of pyridine rings is 1. The van der Waals surface area contributed by atoms with Gasteiger partial charge < -0.3 is 4.74 Å². The third kappa shape index (κ3) is 3.63. The molecule has 0 aromatic carbocycles. The molecule has 3 rings (SSSR count). The molecule has 3 aromatic rings. The number of hydrogen-bond acceptors (Lipinski definition) is 4. The first-order chi connectivity index (χ1) is 12.0. The molecule has 0 bridgehead atoms. The number of ether oxygens (including phenoxy) is 1. The smallest absolute Gasteiger partial charge is 0.421 e. The Kier molecular flexibility index (Phi) is 4.12. The number of hydrogen-bond donors (Lipinski definition) is 0. The van der Waals surface area contributed by atoms with Gasteiger partial charge in [-0.1, -0.05) is 6.07 Å². The number of rotatable bonds is 3. The number of aryl methyl sites for hydroxylation is 1. The predicted molar refractivity (Wildman–Crippen MR) is 74.6 cm³/mol. The zero-order valence-electron chi connectivity index (χ0n) is 12.9. The van der Waals surface area contributed by atoms with Gasteiger partial charge in [0, 0.05) is 25.4 Å². The van der Waals surface area contributed by atoms with Crippen molar-refractivity contribution in [2.24, 2.45) is 7.05 Å². The highest BCUT2D eigenvalue weighted by Crippen LogP contribution is 2.32. The van der Waals surface area contributed by atoms with Gasteiger partial charge in [-0.25, -0.2) is 9.36 Å². The molecule has 6 nitrogen and oxygen atoms in total. The van der Waals surface area contributed by atoms with Crippen molar-refractivity contribution in [1.82, 2.24) is 24.5 Å². The molecule has 12 heteroatoms. The van der Waals surface area contributed by atoms with Gasteiger partial charge in [-0.3, -0.25) is 0 Å². The van der Waals surface area contributed by atoms with E-state index >= 15 is 0 Å². The predicted octanol–water partition coefficient (Wildman–Crippen LogP) is 3.83. The molecular formula is C14H9F6N5O. The van der Waals surface area contributed by atoms with Crippen molar-refractivity contribution < 1.29 is 31.1 Å². The fraction of sp³-hybridized carbons (Fsp3) is 0.214. The molecule has 0 aliphatic rings. The van der Waals surface area contributed by atoms with Crippen LogP contribution in [-0.4, -0.2) is 24.5 Å². The van der Waals surface area contributed by atoms with Crippen molar-refractivity contribution in [2.75, 3.05) is 0 Å². The van der Waals surface area contributed by atoms with E-state index in [0.29, 0.717) is 12.3 Å². The summed E-state index contributed by atoms with van der Waals surface area (Å²) in [6.07, 6.45) is -7.84. The summed E-state index contributed by atoms with van der Waals surface area (Å²) in [5, 5.41) is 6.85. The number of aromatic nitrogens is 5. The molecule has 0 fully saturated rings. The van der Waals surface area contributed by atoms with Crippen LogP contribution in [0, 0.1) is 0 Å². The Morgan fingerprint density at radius 2 is 1.77 bits per heavy atom. The minimum atomic E-state index is -4.64. The lowest BCUT2D eigenvalue weighted by molar-refractivity contribution is -0.141. The van der Waals surface area contributed by atoms with Crippen LogP contribution in [0.2, 0.25) is 0 Å². The molecule has 3 heterocycles. The summed E-state index contributed by atoms with van der Waals surface area (Å²) in [4.78, 5) is 3.93. The lowest BCUT2D eigenvalue weighted by atomic mass is 10.3. The molecule has 3 aromatic heterocycles. The average Bonchev–Trinajstić information content (AvgIpc) is 3.15. The minimum Gasteiger partial charge on any atom is -0.421 e. The summed E-state index contributed by atoms with van der Waals surface area (Å²) in [5.41, 5.74) is -2.11. The monoisotopic (exact) mass is 377 g/mol. The van der Waals surface area contributed by atoms with Gasteiger partial charge in [0.2, 0.25) is 11.8 Å². The van der Waals surface area contributed by atoms with E-state index in [0.717, 1.165) is 15.6 Å². The van der Waals surface area contributed by atoms with E-state index in [2.05, 4.69) is 15.2 Å². The summed E-state index contributed by atoms with van der Waals surface area (Å²) in [5.74, 6) is -0.377. The van der Waals surface area contributed by atoms with Crippen LogP contribution in [0.25, 0.3) is 5.82 Å². The summed E-state index contributed by atoms with van der Waals surface area (Å²) in [6.45, 7) is 0. The molecule has 0 radical (unpaired) electrons. The van der Waals surface area contributed by atoms with Crippen LogP contribution in [0.1, 0.15) is 11.3 Å². The molecule has 138 valence electrons. The fourth-order valence-corrected chi connectivity index (χ4v) is 1.97. The van der Waals surface area contributed by atoms with Gasteiger partial charge in [-0.2, -0.15) is 41.5 Å². The highest BCUT2D eigenvalue weighted by atomic mass is 19.4. The average molecular weight is 377 g/mol. The maximum absolute atomic E-state index is 12.7. The molecule has 26 heavy (non-hydrogen) atoms. The minimum absolute atomic E-state index is 0.00351. The SMILES string of the molecule is Cn1nc(C(F)(F)F)cc1Oc1cccc(-n2cc(C(F)(F)F)cn2)n1. The molecule has 0 amide bonds. The van der Waals surface area contributed by atoms with Gasteiger partial charge in [0.25, 0.3) is 0 Å². The normalized spacial score (nSPS) is 12.4. The van der Waals surface area contributed by atoms with Crippen LogP contribution in [0.15, 0.2) is 36.7 Å². The Bertz CT molecular complexity index is 927. The molecule has 0 aliphatic carbocycles. The van der Waals surface area contributed by atoms with Gasteiger partial charge in [0.1, 0.15) is 0 Å². The van der Waals surface area contributed by atoms with Crippen molar-refractivity contribution in [3.05, 3.63) is 47.9 Å². The van der Waals surface area contributed by atoms with Crippen LogP contribution in [0.4, 0.5) is 26.3 Å². The molecule has 0 saturated heterocycles. The standard InChI is InChI=1S/C14H9F6N5O/c1-24-12(5-9(23-24)14(18,19)20)26-11-4-2-3-10(22-11)25-7-8(6-21-25)13(15,16)17/h2-7H,1H3. The van der Waals surface area contributed by atoms with Gasteiger partial charge in [0.05, 0.1) is 11.8 Å². The van der Waals surface area contributed by atoms with Gasteiger partial charge in [0.15, 0.2) is 11.5 Å². The van der Waals surface area contributed by atoms with Gasteiger partial charge in [-0.15, -0.1) is 0 Å². The van der Waals surface area contributed by atoms with Gasteiger partial charge in [-0.05, 0) is 6.07 Å². The molecule has 0 aliphatic heterocycles. The van der Waals surface area contributed by atoms with Crippen LogP contribution in [0.3, 0.4) is 0 Å². The van der Waals surface area contributed by atoms with Crippen LogP contribution < -0.4 is 4.74 Å². The first kappa shape index (κ1) is 17.8. The fourth-order valence-electron chi connectivity index (χ4n) is 1.97.